The Morgan fingerprint density at radius 3 is 2.74 bits per heavy atom. The van der Waals surface area contributed by atoms with Gasteiger partial charge in [-0.1, -0.05) is 35.3 Å². The maximum atomic E-state index is 15.1. The van der Waals surface area contributed by atoms with Crippen LogP contribution in [-0.2, 0) is 11.2 Å². The molecule has 1 aromatic carbocycles. The number of nitrogen functional groups attached to an aromatic ring is 2. The van der Waals surface area contributed by atoms with Crippen molar-refractivity contribution in [3.63, 3.8) is 0 Å². The van der Waals surface area contributed by atoms with Crippen molar-refractivity contribution in [3.8, 4) is 11.8 Å². The molecule has 1 amide bonds. The van der Waals surface area contributed by atoms with Crippen molar-refractivity contribution in [1.82, 2.24) is 20.3 Å². The number of carbonyl (C=O) groups is 1. The van der Waals surface area contributed by atoms with E-state index in [4.69, 9.17) is 28.8 Å². The maximum absolute atomic E-state index is 15.1. The minimum atomic E-state index is -0.700. The highest BCUT2D eigenvalue weighted by molar-refractivity contribution is 7.99. The number of aromatic nitrogens is 3. The van der Waals surface area contributed by atoms with Crippen LogP contribution in [0.5, 0.6) is 0 Å². The van der Waals surface area contributed by atoms with Crippen molar-refractivity contribution in [2.45, 2.75) is 35.2 Å². The highest BCUT2D eigenvalue weighted by atomic mass is 35.5. The van der Waals surface area contributed by atoms with E-state index >= 15 is 4.39 Å². The largest absolute Gasteiger partial charge is 0.382 e. The molecule has 2 aliphatic rings. The van der Waals surface area contributed by atoms with Crippen LogP contribution in [0.3, 0.4) is 0 Å². The van der Waals surface area contributed by atoms with Gasteiger partial charge in [-0.15, -0.1) is 0 Å². The second kappa shape index (κ2) is 10.3. The van der Waals surface area contributed by atoms with E-state index < -0.39 is 5.95 Å². The van der Waals surface area contributed by atoms with Gasteiger partial charge in [-0.3, -0.25) is 4.79 Å². The summed E-state index contributed by atoms with van der Waals surface area (Å²) in [4.78, 5) is 26.2. The fourth-order valence-corrected chi connectivity index (χ4v) is 6.13. The zero-order chi connectivity index (χ0) is 27.0. The molecule has 2 aromatic heterocycles. The van der Waals surface area contributed by atoms with Crippen LogP contribution in [-0.4, -0.2) is 41.0 Å². The van der Waals surface area contributed by atoms with Crippen LogP contribution >= 0.6 is 23.4 Å². The Morgan fingerprint density at radius 2 is 2.00 bits per heavy atom. The molecule has 3 heterocycles. The third kappa shape index (κ3) is 4.82. The number of anilines is 3. The van der Waals surface area contributed by atoms with Crippen LogP contribution in [0.25, 0.3) is 0 Å². The van der Waals surface area contributed by atoms with Crippen LogP contribution in [0.4, 0.5) is 21.8 Å². The predicted molar refractivity (Wildman–Crippen MR) is 146 cm³/mol. The molecule has 1 atom stereocenters. The number of piperidine rings is 1. The Morgan fingerprint density at radius 1 is 1.24 bits per heavy atom. The summed E-state index contributed by atoms with van der Waals surface area (Å²) < 4.78 is 15.1. The van der Waals surface area contributed by atoms with E-state index in [2.05, 4.69) is 32.1 Å². The average Bonchev–Trinajstić information content (AvgIpc) is 3.18. The average molecular weight is 553 g/mol. The molecule has 0 radical (unpaired) electrons. The molecule has 9 nitrogen and oxygen atoms in total. The Balaban J connectivity index is 1.30. The minimum absolute atomic E-state index is 0.105. The Hall–Kier alpha value is -3.59. The first-order valence-electron chi connectivity index (χ1n) is 12.0. The number of hydrogen-bond donors (Lipinski definition) is 4. The first kappa shape index (κ1) is 26.0. The second-order valence-corrected chi connectivity index (χ2v) is 10.8. The topological polar surface area (TPSA) is 149 Å². The van der Waals surface area contributed by atoms with Gasteiger partial charge < -0.3 is 27.4 Å². The van der Waals surface area contributed by atoms with Crippen molar-refractivity contribution in [2.24, 2.45) is 11.1 Å². The fourth-order valence-electron chi connectivity index (χ4n) is 5.09. The van der Waals surface area contributed by atoms with Gasteiger partial charge in [-0.25, -0.2) is 15.0 Å². The van der Waals surface area contributed by atoms with Gasteiger partial charge >= 0.3 is 0 Å². The molecule has 7 N–H and O–H groups in total. The summed E-state index contributed by atoms with van der Waals surface area (Å²) in [6.45, 7) is 1.13. The molecule has 1 saturated heterocycles. The molecule has 196 valence electrons. The number of nitrogens with two attached hydrogens (primary N) is 3. The number of nitrogens with one attached hydrogen (secondary N) is 1. The lowest BCUT2D eigenvalue weighted by Crippen LogP contribution is -2.45. The van der Waals surface area contributed by atoms with E-state index in [1.807, 2.05) is 23.1 Å². The predicted octanol–water partition coefficient (Wildman–Crippen LogP) is 2.92. The smallest absolute Gasteiger partial charge is 0.295 e. The van der Waals surface area contributed by atoms with E-state index in [0.717, 1.165) is 42.2 Å². The number of pyridine rings is 1. The van der Waals surface area contributed by atoms with Gasteiger partial charge in [0.05, 0.1) is 5.02 Å². The zero-order valence-electron chi connectivity index (χ0n) is 20.6. The number of fused-ring (bicyclic) bond motifs is 1. The summed E-state index contributed by atoms with van der Waals surface area (Å²) in [5, 5.41) is 2.94. The summed E-state index contributed by atoms with van der Waals surface area (Å²) >= 11 is 7.29. The number of nitrogens with zero attached hydrogens (tertiary/aromatic N) is 4. The standard InChI is InChI=1S/C26H26ClFN8OS/c1-32-18(37)5-3-14-2-4-15-13-26(20(29)16(15)12-14)7-10-36(11-8-26)24-21(28)34-25(23(31)35-24)38-17-6-9-33-22(30)19(17)27/h2,4,6,9,12,20H,7-8,10-11,13,29H2,1H3,(H2,30,33)(H2,31,35)(H,32,37)/t20-/m1/s1. The van der Waals surface area contributed by atoms with Crippen LogP contribution in [0.1, 0.15) is 35.6 Å². The first-order valence-corrected chi connectivity index (χ1v) is 13.2. The molecular formula is C26H26ClFN8OS. The van der Waals surface area contributed by atoms with Crippen LogP contribution in [0.15, 0.2) is 40.4 Å². The van der Waals surface area contributed by atoms with Gasteiger partial charge in [0, 0.05) is 48.8 Å². The molecule has 0 saturated carbocycles. The maximum Gasteiger partial charge on any atom is 0.295 e. The van der Waals surface area contributed by atoms with Crippen molar-refractivity contribution in [3.05, 3.63) is 58.1 Å². The van der Waals surface area contributed by atoms with E-state index in [-0.39, 0.29) is 44.9 Å². The molecule has 12 heteroatoms. The molecule has 3 aromatic rings. The second-order valence-electron chi connectivity index (χ2n) is 9.39. The number of halogens is 2. The molecule has 1 aliphatic heterocycles. The van der Waals surface area contributed by atoms with Crippen molar-refractivity contribution >= 4 is 46.7 Å². The lowest BCUT2D eigenvalue weighted by Gasteiger charge is -2.42. The van der Waals surface area contributed by atoms with Gasteiger partial charge in [0.15, 0.2) is 11.6 Å². The molecule has 1 fully saturated rings. The zero-order valence-corrected chi connectivity index (χ0v) is 22.2. The van der Waals surface area contributed by atoms with Gasteiger partial charge in [-0.05, 0) is 54.0 Å². The van der Waals surface area contributed by atoms with Crippen molar-refractivity contribution < 1.29 is 9.18 Å². The lowest BCUT2D eigenvalue weighted by molar-refractivity contribution is -0.115. The summed E-state index contributed by atoms with van der Waals surface area (Å²) in [6.07, 6.45) is 3.85. The van der Waals surface area contributed by atoms with E-state index in [9.17, 15) is 4.79 Å². The SMILES string of the molecule is CNC(=O)C#Cc1ccc2c(c1)[C@@H](N)C1(CCN(c3nc(N)c(Sc4ccnc(N)c4Cl)nc3F)CC1)C2. The van der Waals surface area contributed by atoms with Crippen LogP contribution in [0, 0.1) is 23.2 Å². The molecule has 1 aliphatic carbocycles. The van der Waals surface area contributed by atoms with Gasteiger partial charge in [-0.2, -0.15) is 4.39 Å². The highest BCUT2D eigenvalue weighted by Crippen LogP contribution is 2.51. The van der Waals surface area contributed by atoms with E-state index in [1.54, 1.807) is 13.1 Å². The molecular weight excluding hydrogens is 527 g/mol. The lowest BCUT2D eigenvalue weighted by atomic mass is 9.73. The van der Waals surface area contributed by atoms with Crippen molar-refractivity contribution in [2.75, 3.05) is 36.5 Å². The molecule has 1 spiro atoms. The molecule has 0 unspecified atom stereocenters. The third-order valence-corrected chi connectivity index (χ3v) is 8.77. The minimum Gasteiger partial charge on any atom is -0.382 e. The van der Waals surface area contributed by atoms with E-state index in [0.29, 0.717) is 18.0 Å². The number of benzene rings is 1. The first-order chi connectivity index (χ1) is 18.2. The summed E-state index contributed by atoms with van der Waals surface area (Å²) in [7, 11) is 1.54. The Bertz CT molecular complexity index is 1480. The molecule has 38 heavy (non-hydrogen) atoms. The fraction of sp³-hybridized carbons (Fsp3) is 0.308. The van der Waals surface area contributed by atoms with Crippen LogP contribution in [0.2, 0.25) is 5.02 Å². The normalized spacial score (nSPS) is 17.6. The van der Waals surface area contributed by atoms with Gasteiger partial charge in [0.1, 0.15) is 10.8 Å². The van der Waals surface area contributed by atoms with Gasteiger partial charge in [0.2, 0.25) is 0 Å². The summed E-state index contributed by atoms with van der Waals surface area (Å²) in [5.74, 6) is 4.81. The number of amides is 1. The number of rotatable bonds is 3. The number of hydrogen-bond acceptors (Lipinski definition) is 9. The van der Waals surface area contributed by atoms with E-state index in [1.165, 1.54) is 11.8 Å². The Kier molecular flexibility index (Phi) is 7.05. The van der Waals surface area contributed by atoms with Gasteiger partial charge in [0.25, 0.3) is 11.9 Å². The molecule has 0 bridgehead atoms. The summed E-state index contributed by atoms with van der Waals surface area (Å²) in [5.41, 5.74) is 21.5. The Labute approximate surface area is 228 Å². The summed E-state index contributed by atoms with van der Waals surface area (Å²) in [6, 6.07) is 7.40. The molecule has 5 rings (SSSR count). The number of carbonyl (C=O) groups excluding carboxylic acids is 1. The van der Waals surface area contributed by atoms with Crippen LogP contribution < -0.4 is 27.4 Å². The quantitative estimate of drug-likeness (QED) is 0.360. The third-order valence-electron chi connectivity index (χ3n) is 7.21. The highest BCUT2D eigenvalue weighted by Gasteiger charge is 2.46. The monoisotopic (exact) mass is 552 g/mol. The van der Waals surface area contributed by atoms with Crippen molar-refractivity contribution in [1.29, 1.82) is 0 Å².